The molecular formula is C26H30BrN7O2. The topological polar surface area (TPSA) is 88.0 Å². The van der Waals surface area contributed by atoms with E-state index in [0.717, 1.165) is 60.4 Å². The summed E-state index contributed by atoms with van der Waals surface area (Å²) in [5, 5.41) is 4.45. The van der Waals surface area contributed by atoms with Crippen molar-refractivity contribution in [3.8, 4) is 5.75 Å². The Labute approximate surface area is 219 Å². The normalized spacial score (nSPS) is 16.4. The highest BCUT2D eigenvalue weighted by Gasteiger charge is 2.20. The summed E-state index contributed by atoms with van der Waals surface area (Å²) in [5.74, 6) is 2.51. The van der Waals surface area contributed by atoms with Gasteiger partial charge in [-0.05, 0) is 43.0 Å². The molecule has 0 radical (unpaired) electrons. The number of halogens is 1. The van der Waals surface area contributed by atoms with Crippen LogP contribution >= 0.6 is 15.9 Å². The van der Waals surface area contributed by atoms with Gasteiger partial charge in [-0.2, -0.15) is 20.1 Å². The van der Waals surface area contributed by atoms with E-state index in [9.17, 15) is 0 Å². The summed E-state index contributed by atoms with van der Waals surface area (Å²) in [5.41, 5.74) is 4.97. The Morgan fingerprint density at radius 3 is 2.39 bits per heavy atom. The van der Waals surface area contributed by atoms with Crippen molar-refractivity contribution in [2.45, 2.75) is 25.9 Å². The van der Waals surface area contributed by atoms with E-state index in [2.05, 4.69) is 46.2 Å². The number of aromatic nitrogens is 3. The van der Waals surface area contributed by atoms with Crippen LogP contribution in [0.4, 0.5) is 17.8 Å². The molecule has 3 heterocycles. The fourth-order valence-electron chi connectivity index (χ4n) is 4.19. The Kier molecular flexibility index (Phi) is 8.24. The van der Waals surface area contributed by atoms with Crippen molar-refractivity contribution < 1.29 is 9.47 Å². The SMILES string of the molecule is Brc1ccc(OCc2ccccc2)c(/C=N/Nc2nc(N3CCCCC3)nc(N3CCOCC3)n2)c1. The number of hydrazone groups is 1. The van der Waals surface area contributed by atoms with Gasteiger partial charge in [-0.1, -0.05) is 46.3 Å². The molecule has 2 aliphatic heterocycles. The van der Waals surface area contributed by atoms with Crippen molar-refractivity contribution in [1.29, 1.82) is 0 Å². The van der Waals surface area contributed by atoms with Crippen LogP contribution in [0.25, 0.3) is 0 Å². The van der Waals surface area contributed by atoms with Crippen LogP contribution in [0.3, 0.4) is 0 Å². The van der Waals surface area contributed by atoms with Crippen molar-refractivity contribution in [1.82, 2.24) is 15.0 Å². The third-order valence-electron chi connectivity index (χ3n) is 6.12. The summed E-state index contributed by atoms with van der Waals surface area (Å²) in [6.45, 7) is 5.23. The molecule has 0 unspecified atom stereocenters. The van der Waals surface area contributed by atoms with Gasteiger partial charge in [0, 0.05) is 36.2 Å². The maximum absolute atomic E-state index is 6.07. The van der Waals surface area contributed by atoms with Gasteiger partial charge in [0.05, 0.1) is 19.4 Å². The molecule has 2 aromatic carbocycles. The lowest BCUT2D eigenvalue weighted by molar-refractivity contribution is 0.122. The van der Waals surface area contributed by atoms with Crippen LogP contribution in [0, 0.1) is 0 Å². The maximum atomic E-state index is 6.07. The van der Waals surface area contributed by atoms with Gasteiger partial charge in [-0.25, -0.2) is 5.43 Å². The zero-order valence-electron chi connectivity index (χ0n) is 20.1. The average Bonchev–Trinajstić information content (AvgIpc) is 2.94. The monoisotopic (exact) mass is 551 g/mol. The highest BCUT2D eigenvalue weighted by Crippen LogP contribution is 2.24. The van der Waals surface area contributed by atoms with Gasteiger partial charge in [0.25, 0.3) is 0 Å². The third kappa shape index (κ3) is 6.50. The fourth-order valence-corrected chi connectivity index (χ4v) is 4.57. The highest BCUT2D eigenvalue weighted by molar-refractivity contribution is 9.10. The first-order valence-corrected chi connectivity index (χ1v) is 13.1. The van der Waals surface area contributed by atoms with E-state index in [0.29, 0.717) is 37.7 Å². The van der Waals surface area contributed by atoms with E-state index in [-0.39, 0.29) is 0 Å². The summed E-state index contributed by atoms with van der Waals surface area (Å²) < 4.78 is 12.5. The Morgan fingerprint density at radius 2 is 1.64 bits per heavy atom. The third-order valence-corrected chi connectivity index (χ3v) is 6.62. The molecule has 0 aliphatic carbocycles. The minimum atomic E-state index is 0.421. The molecule has 0 atom stereocenters. The number of morpholine rings is 1. The predicted octanol–water partition coefficient (Wildman–Crippen LogP) is 4.49. The second-order valence-corrected chi connectivity index (χ2v) is 9.65. The van der Waals surface area contributed by atoms with Crippen LogP contribution in [-0.4, -0.2) is 60.6 Å². The molecule has 10 heteroatoms. The Bertz CT molecular complexity index is 1130. The van der Waals surface area contributed by atoms with Crippen LogP contribution in [-0.2, 0) is 11.3 Å². The molecule has 0 saturated carbocycles. The van der Waals surface area contributed by atoms with E-state index < -0.39 is 0 Å². The minimum absolute atomic E-state index is 0.421. The van der Waals surface area contributed by atoms with Crippen molar-refractivity contribution >= 4 is 40.0 Å². The van der Waals surface area contributed by atoms with Crippen molar-refractivity contribution in [2.75, 3.05) is 54.6 Å². The summed E-state index contributed by atoms with van der Waals surface area (Å²) in [6, 6.07) is 15.9. The lowest BCUT2D eigenvalue weighted by Gasteiger charge is -2.30. The van der Waals surface area contributed by atoms with Crippen molar-refractivity contribution in [3.05, 3.63) is 64.1 Å². The molecule has 0 spiro atoms. The molecule has 0 bridgehead atoms. The van der Waals surface area contributed by atoms with Gasteiger partial charge in [0.2, 0.25) is 17.8 Å². The first kappa shape index (κ1) is 24.5. The number of benzene rings is 2. The number of ether oxygens (including phenoxy) is 2. The molecule has 3 aromatic rings. The predicted molar refractivity (Wildman–Crippen MR) is 145 cm³/mol. The maximum Gasteiger partial charge on any atom is 0.250 e. The number of nitrogens with zero attached hydrogens (tertiary/aromatic N) is 6. The van der Waals surface area contributed by atoms with E-state index >= 15 is 0 Å². The van der Waals surface area contributed by atoms with Gasteiger partial charge in [-0.15, -0.1) is 0 Å². The summed E-state index contributed by atoms with van der Waals surface area (Å²) in [6.07, 6.45) is 5.26. The molecule has 36 heavy (non-hydrogen) atoms. The van der Waals surface area contributed by atoms with E-state index in [1.54, 1.807) is 6.21 Å². The lowest BCUT2D eigenvalue weighted by Crippen LogP contribution is -2.38. The number of anilines is 3. The van der Waals surface area contributed by atoms with Crippen molar-refractivity contribution in [2.24, 2.45) is 5.10 Å². The largest absolute Gasteiger partial charge is 0.488 e. The van der Waals surface area contributed by atoms with Crippen LogP contribution in [0.1, 0.15) is 30.4 Å². The number of nitrogens with one attached hydrogen (secondary N) is 1. The van der Waals surface area contributed by atoms with Crippen LogP contribution < -0.4 is 20.0 Å². The molecule has 2 aliphatic rings. The molecular weight excluding hydrogens is 522 g/mol. The number of hydrogen-bond donors (Lipinski definition) is 1. The van der Waals surface area contributed by atoms with Gasteiger partial charge in [0.15, 0.2) is 0 Å². The minimum Gasteiger partial charge on any atom is -0.488 e. The molecule has 188 valence electrons. The molecule has 9 nitrogen and oxygen atoms in total. The quantitative estimate of drug-likeness (QED) is 0.323. The van der Waals surface area contributed by atoms with Gasteiger partial charge in [-0.3, -0.25) is 0 Å². The van der Waals surface area contributed by atoms with Crippen LogP contribution in [0.5, 0.6) is 5.75 Å². The van der Waals surface area contributed by atoms with Crippen molar-refractivity contribution in [3.63, 3.8) is 0 Å². The number of hydrogen-bond acceptors (Lipinski definition) is 9. The first-order valence-electron chi connectivity index (χ1n) is 12.3. The van der Waals surface area contributed by atoms with Crippen LogP contribution in [0.2, 0.25) is 0 Å². The first-order chi connectivity index (χ1) is 17.7. The second kappa shape index (κ2) is 12.1. The van der Waals surface area contributed by atoms with Gasteiger partial charge in [0.1, 0.15) is 12.4 Å². The summed E-state index contributed by atoms with van der Waals surface area (Å²) in [4.78, 5) is 18.5. The zero-order valence-corrected chi connectivity index (χ0v) is 21.7. The standard InChI is InChI=1S/C26H30BrN7O2/c27-22-9-10-23(36-19-20-7-3-1-4-8-20)21(17-22)18-28-32-24-29-25(33-11-5-2-6-12-33)31-26(30-24)34-13-15-35-16-14-34/h1,3-4,7-10,17-18H,2,5-6,11-16,19H2,(H,29,30,31,32)/b28-18+. The lowest BCUT2D eigenvalue weighted by atomic mass is 10.1. The molecule has 2 saturated heterocycles. The number of piperidine rings is 1. The Balaban J connectivity index is 1.34. The smallest absolute Gasteiger partial charge is 0.250 e. The molecule has 0 amide bonds. The Hall–Kier alpha value is -3.24. The Morgan fingerprint density at radius 1 is 0.917 bits per heavy atom. The summed E-state index contributed by atoms with van der Waals surface area (Å²) >= 11 is 3.54. The fraction of sp³-hybridized carbons (Fsp3) is 0.385. The van der Waals surface area contributed by atoms with Gasteiger partial charge >= 0.3 is 0 Å². The molecule has 1 aromatic heterocycles. The zero-order chi connectivity index (χ0) is 24.6. The number of rotatable bonds is 8. The summed E-state index contributed by atoms with van der Waals surface area (Å²) in [7, 11) is 0. The van der Waals surface area contributed by atoms with Gasteiger partial charge < -0.3 is 19.3 Å². The average molecular weight is 552 g/mol. The molecule has 1 N–H and O–H groups in total. The van der Waals surface area contributed by atoms with E-state index in [1.807, 2.05) is 48.5 Å². The van der Waals surface area contributed by atoms with E-state index in [1.165, 1.54) is 6.42 Å². The van der Waals surface area contributed by atoms with E-state index in [4.69, 9.17) is 14.5 Å². The van der Waals surface area contributed by atoms with Crippen LogP contribution in [0.15, 0.2) is 58.1 Å². The molecule has 5 rings (SSSR count). The second-order valence-electron chi connectivity index (χ2n) is 8.73. The molecule has 2 fully saturated rings. The highest BCUT2D eigenvalue weighted by atomic mass is 79.9.